The summed E-state index contributed by atoms with van der Waals surface area (Å²) >= 11 is 4.01. The topological polar surface area (TPSA) is 26.0 Å². The molecule has 0 amide bonds. The fourth-order valence-electron chi connectivity index (χ4n) is 0.612. The average Bonchev–Trinajstić information content (AvgIpc) is 2.11. The molecule has 0 aromatic carbocycles. The Morgan fingerprint density at radius 3 is 2.30 bits per heavy atom. The van der Waals surface area contributed by atoms with E-state index in [-0.39, 0.29) is 5.41 Å². The molecule has 0 aliphatic heterocycles. The van der Waals surface area contributed by atoms with E-state index in [1.165, 1.54) is 0 Å². The molecule has 0 aliphatic rings. The minimum absolute atomic E-state index is 0.0129. The van der Waals surface area contributed by atoms with E-state index < -0.39 is 0 Å². The van der Waals surface area contributed by atoms with Crippen LogP contribution < -0.4 is 0 Å². The molecule has 1 heterocycles. The molecule has 0 unspecified atom stereocenters. The third kappa shape index (κ3) is 1.53. The van der Waals surface area contributed by atoms with Gasteiger partial charge in [0.25, 0.3) is 0 Å². The maximum atomic E-state index is 5.20. The summed E-state index contributed by atoms with van der Waals surface area (Å²) in [6.45, 7) is 6.14. The maximum Gasteiger partial charge on any atom is 0.201 e. The molecule has 0 fully saturated rings. The number of aromatic nitrogens is 1. The van der Waals surface area contributed by atoms with Crippen molar-refractivity contribution in [2.75, 3.05) is 0 Å². The summed E-state index contributed by atoms with van der Waals surface area (Å²) in [6, 6.07) is 0. The lowest BCUT2D eigenvalue weighted by atomic mass is 9.97. The smallest absolute Gasteiger partial charge is 0.201 e. The highest BCUT2D eigenvalue weighted by atomic mass is 32.1. The van der Waals surface area contributed by atoms with E-state index in [1.807, 2.05) is 20.8 Å². The van der Waals surface area contributed by atoms with Crippen LogP contribution in [-0.2, 0) is 5.41 Å². The van der Waals surface area contributed by atoms with Crippen LogP contribution in [0.15, 0.2) is 15.7 Å². The summed E-state index contributed by atoms with van der Waals surface area (Å²) < 4.78 is 5.20. The Balaban J connectivity index is 2.96. The fourth-order valence-corrected chi connectivity index (χ4v) is 0.757. The van der Waals surface area contributed by atoms with Gasteiger partial charge in [0.15, 0.2) is 5.09 Å². The van der Waals surface area contributed by atoms with Crippen molar-refractivity contribution in [2.24, 2.45) is 0 Å². The van der Waals surface area contributed by atoms with E-state index in [1.54, 1.807) is 6.20 Å². The van der Waals surface area contributed by atoms with Gasteiger partial charge >= 0.3 is 0 Å². The molecule has 0 N–H and O–H groups in total. The highest BCUT2D eigenvalue weighted by molar-refractivity contribution is 7.80. The normalized spacial score (nSPS) is 12.0. The van der Waals surface area contributed by atoms with Crippen LogP contribution in [0.1, 0.15) is 26.7 Å². The van der Waals surface area contributed by atoms with Crippen molar-refractivity contribution in [3.8, 4) is 0 Å². The Morgan fingerprint density at radius 2 is 2.10 bits per heavy atom. The van der Waals surface area contributed by atoms with Gasteiger partial charge in [0.1, 0.15) is 0 Å². The molecule has 0 spiro atoms. The average molecular weight is 157 g/mol. The van der Waals surface area contributed by atoms with Gasteiger partial charge in [0.2, 0.25) is 5.89 Å². The van der Waals surface area contributed by atoms with Crippen molar-refractivity contribution in [1.29, 1.82) is 0 Å². The van der Waals surface area contributed by atoms with Gasteiger partial charge in [-0.25, -0.2) is 4.98 Å². The zero-order valence-corrected chi connectivity index (χ0v) is 7.27. The predicted molar refractivity (Wildman–Crippen MR) is 42.5 cm³/mol. The molecule has 0 atom stereocenters. The Kier molecular flexibility index (Phi) is 1.77. The molecular weight excluding hydrogens is 146 g/mol. The van der Waals surface area contributed by atoms with Crippen LogP contribution in [0.4, 0.5) is 0 Å². The Hall–Kier alpha value is -0.440. The first kappa shape index (κ1) is 7.66. The maximum absolute atomic E-state index is 5.20. The highest BCUT2D eigenvalue weighted by Crippen LogP contribution is 2.22. The molecule has 0 saturated heterocycles. The number of hydrogen-bond donors (Lipinski definition) is 1. The van der Waals surface area contributed by atoms with Gasteiger partial charge in [-0.3, -0.25) is 0 Å². The molecule has 56 valence electrons. The lowest BCUT2D eigenvalue weighted by molar-refractivity contribution is 0.351. The molecule has 0 radical (unpaired) electrons. The van der Waals surface area contributed by atoms with Crippen LogP contribution in [0.25, 0.3) is 0 Å². The number of hydrogen-bond acceptors (Lipinski definition) is 3. The van der Waals surface area contributed by atoms with Crippen LogP contribution in [-0.4, -0.2) is 4.98 Å². The minimum atomic E-state index is -0.0129. The van der Waals surface area contributed by atoms with E-state index in [2.05, 4.69) is 17.6 Å². The zero-order chi connectivity index (χ0) is 7.78. The zero-order valence-electron chi connectivity index (χ0n) is 6.38. The third-order valence-electron chi connectivity index (χ3n) is 1.14. The van der Waals surface area contributed by atoms with Gasteiger partial charge in [-0.1, -0.05) is 20.8 Å². The number of rotatable bonds is 0. The summed E-state index contributed by atoms with van der Waals surface area (Å²) in [5.74, 6) is 0.734. The van der Waals surface area contributed by atoms with Gasteiger partial charge < -0.3 is 4.42 Å². The molecule has 1 rings (SSSR count). The lowest BCUT2D eigenvalue weighted by Gasteiger charge is -2.11. The molecule has 0 bridgehead atoms. The van der Waals surface area contributed by atoms with E-state index in [0.29, 0.717) is 5.09 Å². The van der Waals surface area contributed by atoms with Crippen LogP contribution in [0, 0.1) is 0 Å². The molecule has 0 saturated carbocycles. The number of thiol groups is 1. The molecule has 3 heteroatoms. The number of nitrogens with zero attached hydrogens (tertiary/aromatic N) is 1. The van der Waals surface area contributed by atoms with Crippen molar-refractivity contribution in [3.63, 3.8) is 0 Å². The molecular formula is C7H11NOS. The summed E-state index contributed by atoms with van der Waals surface area (Å²) in [7, 11) is 0. The van der Waals surface area contributed by atoms with E-state index in [9.17, 15) is 0 Å². The second-order valence-electron chi connectivity index (χ2n) is 3.25. The van der Waals surface area contributed by atoms with E-state index >= 15 is 0 Å². The third-order valence-corrected chi connectivity index (χ3v) is 1.34. The standard InChI is InChI=1S/C7H11NOS/c1-7(2,3)6-8-4-5(10)9-6/h4,10H,1-3H3. The lowest BCUT2D eigenvalue weighted by Crippen LogP contribution is -2.10. The largest absolute Gasteiger partial charge is 0.434 e. The van der Waals surface area contributed by atoms with Gasteiger partial charge in [-0.15, -0.1) is 12.6 Å². The van der Waals surface area contributed by atoms with Gasteiger partial charge in [-0.05, 0) is 0 Å². The highest BCUT2D eigenvalue weighted by Gasteiger charge is 2.19. The first-order chi connectivity index (χ1) is 4.50. The van der Waals surface area contributed by atoms with Gasteiger partial charge in [-0.2, -0.15) is 0 Å². The monoisotopic (exact) mass is 157 g/mol. The Bertz CT molecular complexity index is 224. The summed E-state index contributed by atoms with van der Waals surface area (Å²) in [4.78, 5) is 4.04. The molecule has 0 aliphatic carbocycles. The number of oxazole rings is 1. The van der Waals surface area contributed by atoms with Crippen molar-refractivity contribution in [1.82, 2.24) is 4.98 Å². The van der Waals surface area contributed by atoms with Crippen molar-refractivity contribution < 1.29 is 4.42 Å². The quantitative estimate of drug-likeness (QED) is 0.584. The minimum Gasteiger partial charge on any atom is -0.434 e. The van der Waals surface area contributed by atoms with Crippen LogP contribution in [0.2, 0.25) is 0 Å². The summed E-state index contributed by atoms with van der Waals surface area (Å²) in [5, 5.41) is 0.574. The fraction of sp³-hybridized carbons (Fsp3) is 0.571. The first-order valence-corrected chi connectivity index (χ1v) is 3.60. The SMILES string of the molecule is CC(C)(C)c1ncc(S)o1. The van der Waals surface area contributed by atoms with E-state index in [4.69, 9.17) is 4.42 Å². The van der Waals surface area contributed by atoms with Gasteiger partial charge in [0.05, 0.1) is 6.20 Å². The Morgan fingerprint density at radius 1 is 1.50 bits per heavy atom. The second-order valence-corrected chi connectivity index (χ2v) is 3.69. The summed E-state index contributed by atoms with van der Waals surface area (Å²) in [5.41, 5.74) is -0.0129. The molecule has 2 nitrogen and oxygen atoms in total. The molecule has 10 heavy (non-hydrogen) atoms. The molecule has 1 aromatic heterocycles. The molecule has 1 aromatic rings. The summed E-state index contributed by atoms with van der Waals surface area (Å²) in [6.07, 6.45) is 1.61. The predicted octanol–water partition coefficient (Wildman–Crippen LogP) is 2.26. The Labute approximate surface area is 66.1 Å². The second kappa shape index (κ2) is 2.31. The van der Waals surface area contributed by atoms with Gasteiger partial charge in [0, 0.05) is 5.41 Å². The van der Waals surface area contributed by atoms with E-state index in [0.717, 1.165) is 5.89 Å². The van der Waals surface area contributed by atoms with Crippen molar-refractivity contribution >= 4 is 12.6 Å². The van der Waals surface area contributed by atoms with Crippen LogP contribution >= 0.6 is 12.6 Å². The first-order valence-electron chi connectivity index (χ1n) is 3.15. The van der Waals surface area contributed by atoms with Crippen molar-refractivity contribution in [2.45, 2.75) is 31.3 Å². The van der Waals surface area contributed by atoms with Crippen molar-refractivity contribution in [3.05, 3.63) is 12.1 Å². The van der Waals surface area contributed by atoms with Crippen LogP contribution in [0.5, 0.6) is 0 Å². The van der Waals surface area contributed by atoms with Crippen LogP contribution in [0.3, 0.4) is 0 Å².